The average Bonchev–Trinajstić information content (AvgIpc) is 4.05. The molecule has 0 aliphatic carbocycles. The Bertz CT molecular complexity index is 2240. The minimum absolute atomic E-state index is 0.00572. The number of nitrogens with one attached hydrogen (secondary N) is 2. The van der Waals surface area contributed by atoms with Gasteiger partial charge in [-0.1, -0.05) is 84.9 Å². The second kappa shape index (κ2) is 22.8. The van der Waals surface area contributed by atoms with Crippen LogP contribution in [0.3, 0.4) is 0 Å². The van der Waals surface area contributed by atoms with Crippen molar-refractivity contribution in [2.75, 3.05) is 32.9 Å². The van der Waals surface area contributed by atoms with Crippen LogP contribution in [-0.4, -0.2) is 146 Å². The predicted molar refractivity (Wildman–Crippen MR) is 269 cm³/mol. The number of rotatable bonds is 18. The number of carbonyl (C=O) groups excluding carboxylic acids is 7. The summed E-state index contributed by atoms with van der Waals surface area (Å²) in [6.07, 6.45) is 2.80. The minimum atomic E-state index is -1.30. The van der Waals surface area contributed by atoms with Crippen LogP contribution >= 0.6 is 27.7 Å². The Hall–Kier alpha value is -4.77. The summed E-state index contributed by atoms with van der Waals surface area (Å²) in [5.74, 6) is -1.91. The number of phenols is 1. The average molecular weight is 1020 g/mol. The van der Waals surface area contributed by atoms with Crippen molar-refractivity contribution in [1.82, 2.24) is 30.2 Å². The number of hydrogen-bond donors (Lipinski definition) is 3. The number of Topliss-reactive ketones (excluding diaryl/α,β-unsaturated/α-hetero) is 1. The largest absolute Gasteiger partial charge is 0.507 e. The van der Waals surface area contributed by atoms with Crippen LogP contribution in [0.1, 0.15) is 106 Å². The Morgan fingerprint density at radius 1 is 0.912 bits per heavy atom. The number of aromatic hydroxyl groups is 1. The molecule has 6 amide bonds. The van der Waals surface area contributed by atoms with Crippen molar-refractivity contribution in [2.24, 2.45) is 22.2 Å². The van der Waals surface area contributed by atoms with Gasteiger partial charge in [0.2, 0.25) is 35.4 Å². The Labute approximate surface area is 415 Å². The highest BCUT2D eigenvalue weighted by molar-refractivity contribution is 9.10. The van der Waals surface area contributed by atoms with Crippen LogP contribution in [0.25, 0.3) is 0 Å². The number of benzene rings is 2. The van der Waals surface area contributed by atoms with Crippen molar-refractivity contribution < 1.29 is 38.7 Å². The van der Waals surface area contributed by atoms with Gasteiger partial charge in [0.05, 0.1) is 21.6 Å². The van der Waals surface area contributed by atoms with Gasteiger partial charge in [-0.05, 0) is 90.6 Å². The number of hydrogen-bond acceptors (Lipinski definition) is 10. The van der Waals surface area contributed by atoms with Crippen LogP contribution < -0.4 is 10.6 Å². The van der Waals surface area contributed by atoms with E-state index in [0.29, 0.717) is 60.3 Å². The highest BCUT2D eigenvalue weighted by Crippen LogP contribution is 2.37. The first kappa shape index (κ1) is 54.2. The number of halogens is 1. The van der Waals surface area contributed by atoms with E-state index in [0.717, 1.165) is 5.56 Å². The smallest absolute Gasteiger partial charge is 0.249 e. The van der Waals surface area contributed by atoms with Gasteiger partial charge < -0.3 is 35.3 Å². The number of likely N-dealkylation sites (tertiary alicyclic amines) is 2. The molecule has 0 aromatic heterocycles. The third-order valence-corrected chi connectivity index (χ3v) is 15.3. The summed E-state index contributed by atoms with van der Waals surface area (Å²) >= 11 is 4.76. The quantitative estimate of drug-likeness (QED) is 0.166. The molecule has 3 N–H and O–H groups in total. The number of phenolic OH excluding ortho intramolecular Hbond substituents is 1. The molecular formula is C51H72BrN7O8S. The molecule has 3 aliphatic heterocycles. The third kappa shape index (κ3) is 12.9. The van der Waals surface area contributed by atoms with Crippen molar-refractivity contribution >= 4 is 74.0 Å². The fourth-order valence-corrected chi connectivity index (χ4v) is 10.9. The van der Waals surface area contributed by atoms with Gasteiger partial charge in [0.1, 0.15) is 35.5 Å². The Kier molecular flexibility index (Phi) is 18.1. The molecule has 3 heterocycles. The van der Waals surface area contributed by atoms with Gasteiger partial charge >= 0.3 is 0 Å². The van der Waals surface area contributed by atoms with Gasteiger partial charge in [-0.3, -0.25) is 38.6 Å². The zero-order chi connectivity index (χ0) is 50.4. The number of ketones is 1. The number of carbonyl (C=O) groups is 7. The van der Waals surface area contributed by atoms with Gasteiger partial charge in [-0.2, -0.15) is 0 Å². The summed E-state index contributed by atoms with van der Waals surface area (Å²) in [6, 6.07) is 9.52. The molecule has 68 heavy (non-hydrogen) atoms. The Morgan fingerprint density at radius 2 is 1.53 bits per heavy atom. The standard InChI is InChI=1S/C51H72BrN7O8S/c1-12-41(60)37-19-16-22-58(37)46(64)39(26-33-17-14-13-15-18-33)57(11)45(63)36(23-30(2)3)54-49(67)51(9)29-68-43(55-51)38-24-31(4)28-59(38)47(65)40(27-34-20-21-42(61)35(52)25-34)56(10)44(62)32(5)53-48(66)50(6,7)8/h13-15,17-18,20-21,25,30-32,36-40,61H,12,16,19,22-24,26-29H2,1-11H3,(H,53,66)(H,54,67)/t31-,32-,36+,37?,38-,39-,40?,51-/m0/s1. The first-order valence-corrected chi connectivity index (χ1v) is 25.7. The van der Waals surface area contributed by atoms with E-state index in [4.69, 9.17) is 4.99 Å². The van der Waals surface area contributed by atoms with Gasteiger partial charge in [0.25, 0.3) is 0 Å². The lowest BCUT2D eigenvalue weighted by atomic mass is 9.95. The van der Waals surface area contributed by atoms with E-state index in [1.165, 1.54) is 27.6 Å². The topological polar surface area (TPSA) is 189 Å². The molecule has 2 aromatic rings. The number of aliphatic imine (C=N–C) groups is 1. The highest BCUT2D eigenvalue weighted by atomic mass is 79.9. The molecular weight excluding hydrogens is 951 g/mol. The molecule has 2 saturated heterocycles. The molecule has 15 nitrogen and oxygen atoms in total. The number of nitrogens with zero attached hydrogens (tertiary/aromatic N) is 5. The summed E-state index contributed by atoms with van der Waals surface area (Å²) < 4.78 is 0.438. The molecule has 0 spiro atoms. The molecule has 0 saturated carbocycles. The molecule has 3 aliphatic rings. The molecule has 0 bridgehead atoms. The molecule has 5 rings (SSSR count). The normalized spacial score (nSPS) is 22.2. The van der Waals surface area contributed by atoms with Crippen molar-refractivity contribution in [3.63, 3.8) is 0 Å². The lowest BCUT2D eigenvalue weighted by Crippen LogP contribution is -2.58. The van der Waals surface area contributed by atoms with Crippen LogP contribution in [0.5, 0.6) is 5.75 Å². The van der Waals surface area contributed by atoms with Crippen molar-refractivity contribution in [3.05, 3.63) is 64.1 Å². The van der Waals surface area contributed by atoms with Crippen molar-refractivity contribution in [1.29, 1.82) is 0 Å². The molecule has 2 fully saturated rings. The van der Waals surface area contributed by atoms with Gasteiger partial charge in [0, 0.05) is 57.6 Å². The van der Waals surface area contributed by atoms with E-state index >= 15 is 0 Å². The van der Waals surface area contributed by atoms with Crippen LogP contribution in [0.15, 0.2) is 58.0 Å². The number of amides is 6. The van der Waals surface area contributed by atoms with Crippen LogP contribution in [0.2, 0.25) is 0 Å². The number of thioether (sulfide) groups is 1. The van der Waals surface area contributed by atoms with E-state index < -0.39 is 64.9 Å². The van der Waals surface area contributed by atoms with Crippen LogP contribution in [0, 0.1) is 17.3 Å². The van der Waals surface area contributed by atoms with Gasteiger partial charge in [-0.15, -0.1) is 11.8 Å². The molecule has 372 valence electrons. The van der Waals surface area contributed by atoms with Crippen LogP contribution in [0.4, 0.5) is 0 Å². The maximum atomic E-state index is 15.0. The molecule has 8 atom stereocenters. The molecule has 2 unspecified atom stereocenters. The zero-order valence-electron chi connectivity index (χ0n) is 41.6. The predicted octanol–water partition coefficient (Wildman–Crippen LogP) is 5.79. The number of likely N-dealkylation sites (N-methyl/N-ethyl adjacent to an activating group) is 2. The molecule has 17 heteroatoms. The summed E-state index contributed by atoms with van der Waals surface area (Å²) in [5.41, 5.74) is -0.496. The van der Waals surface area contributed by atoms with Crippen molar-refractivity contribution in [2.45, 2.75) is 149 Å². The zero-order valence-corrected chi connectivity index (χ0v) is 44.0. The Balaban J connectivity index is 1.40. The minimum Gasteiger partial charge on any atom is -0.507 e. The highest BCUT2D eigenvalue weighted by Gasteiger charge is 2.48. The van der Waals surface area contributed by atoms with E-state index in [2.05, 4.69) is 26.6 Å². The Morgan fingerprint density at radius 3 is 2.13 bits per heavy atom. The second-order valence-electron chi connectivity index (χ2n) is 20.6. The summed E-state index contributed by atoms with van der Waals surface area (Å²) in [7, 11) is 3.15. The molecule has 0 radical (unpaired) electrons. The maximum Gasteiger partial charge on any atom is 0.249 e. The second-order valence-corrected chi connectivity index (χ2v) is 22.4. The lowest BCUT2D eigenvalue weighted by Gasteiger charge is -2.36. The monoisotopic (exact) mass is 1020 g/mol. The van der Waals surface area contributed by atoms with E-state index in [-0.39, 0.29) is 59.7 Å². The molecule has 2 aromatic carbocycles. The lowest BCUT2D eigenvalue weighted by molar-refractivity contribution is -0.148. The van der Waals surface area contributed by atoms with E-state index in [1.807, 2.05) is 51.1 Å². The summed E-state index contributed by atoms with van der Waals surface area (Å²) in [4.78, 5) is 110. The van der Waals surface area contributed by atoms with Gasteiger partial charge in [-0.25, -0.2) is 0 Å². The summed E-state index contributed by atoms with van der Waals surface area (Å²) in [6.45, 7) is 17.1. The van der Waals surface area contributed by atoms with E-state index in [9.17, 15) is 38.7 Å². The maximum absolute atomic E-state index is 15.0. The van der Waals surface area contributed by atoms with Gasteiger partial charge in [0.15, 0.2) is 5.78 Å². The first-order valence-electron chi connectivity index (χ1n) is 23.9. The summed E-state index contributed by atoms with van der Waals surface area (Å²) in [5, 5.41) is 16.7. The van der Waals surface area contributed by atoms with Crippen LogP contribution in [-0.2, 0) is 46.4 Å². The SMILES string of the molecule is CCC(=O)C1CCCN1C(=O)[C@H](Cc1ccccc1)N(C)C(=O)[C@@H](CC(C)C)NC(=O)[C@]1(C)CSC([C@@H]2C[C@H](C)CN2C(=O)C(Cc2ccc(O)c(Br)c2)N(C)C(=O)[C@H](C)NC(=O)C(C)(C)C)=N1. The first-order chi connectivity index (χ1) is 31.9. The fourth-order valence-electron chi connectivity index (χ4n) is 9.17. The fraction of sp³-hybridized carbons (Fsp3) is 0.608. The van der Waals surface area contributed by atoms with E-state index in [1.54, 1.807) is 77.6 Å². The third-order valence-electron chi connectivity index (χ3n) is 13.3. The van der Waals surface area contributed by atoms with Crippen molar-refractivity contribution in [3.8, 4) is 5.75 Å².